The molecule has 2 heterocycles. The van der Waals surface area contributed by atoms with Gasteiger partial charge in [-0.05, 0) is 32.3 Å². The Hall–Kier alpha value is -2.08. The maximum Gasteiger partial charge on any atom is 0.410 e. The maximum atomic E-state index is 12.9. The molecule has 2 aliphatic heterocycles. The average Bonchev–Trinajstić information content (AvgIpc) is 2.68. The Morgan fingerprint density at radius 2 is 1.85 bits per heavy atom. The summed E-state index contributed by atoms with van der Waals surface area (Å²) in [7, 11) is 0. The number of likely N-dealkylation sites (tertiary alicyclic amines) is 1. The third-order valence-corrected chi connectivity index (χ3v) is 5.35. The van der Waals surface area contributed by atoms with Gasteiger partial charge in [0.1, 0.15) is 6.61 Å². The van der Waals surface area contributed by atoms with Crippen LogP contribution >= 0.6 is 0 Å². The van der Waals surface area contributed by atoms with Gasteiger partial charge in [0, 0.05) is 44.2 Å². The van der Waals surface area contributed by atoms with Gasteiger partial charge in [-0.2, -0.15) is 0 Å². The van der Waals surface area contributed by atoms with E-state index in [0.29, 0.717) is 32.0 Å². The van der Waals surface area contributed by atoms with Crippen molar-refractivity contribution in [3.63, 3.8) is 0 Å². The number of hydrogen-bond donors (Lipinski definition) is 1. The Bertz CT molecular complexity index is 614. The third-order valence-electron chi connectivity index (χ3n) is 5.35. The van der Waals surface area contributed by atoms with Gasteiger partial charge in [-0.15, -0.1) is 0 Å². The molecular formula is C20H29N3O3. The van der Waals surface area contributed by atoms with E-state index in [1.807, 2.05) is 35.2 Å². The van der Waals surface area contributed by atoms with Crippen LogP contribution in [0.3, 0.4) is 0 Å². The second-order valence-corrected chi connectivity index (χ2v) is 7.45. The van der Waals surface area contributed by atoms with Crippen LogP contribution in [0.2, 0.25) is 0 Å². The summed E-state index contributed by atoms with van der Waals surface area (Å²) in [5.41, 5.74) is 0.979. The molecule has 1 N–H and O–H groups in total. The van der Waals surface area contributed by atoms with E-state index in [4.69, 9.17) is 4.74 Å². The van der Waals surface area contributed by atoms with Gasteiger partial charge in [-0.1, -0.05) is 30.3 Å². The zero-order valence-corrected chi connectivity index (χ0v) is 15.7. The van der Waals surface area contributed by atoms with E-state index in [1.54, 1.807) is 4.90 Å². The molecule has 6 heteroatoms. The van der Waals surface area contributed by atoms with E-state index in [1.165, 1.54) is 0 Å². The quantitative estimate of drug-likeness (QED) is 0.899. The van der Waals surface area contributed by atoms with Gasteiger partial charge in [0.05, 0.1) is 0 Å². The molecule has 0 spiro atoms. The molecule has 2 atom stereocenters. The first-order valence-electron chi connectivity index (χ1n) is 9.54. The minimum atomic E-state index is -0.288. The van der Waals surface area contributed by atoms with Crippen LogP contribution in [0.25, 0.3) is 0 Å². The van der Waals surface area contributed by atoms with E-state index in [2.05, 4.69) is 19.2 Å². The van der Waals surface area contributed by atoms with Crippen LogP contribution in [0.1, 0.15) is 32.3 Å². The lowest BCUT2D eigenvalue weighted by Gasteiger charge is -2.41. The van der Waals surface area contributed by atoms with Crippen LogP contribution < -0.4 is 5.32 Å². The van der Waals surface area contributed by atoms with Crippen LogP contribution in [0.15, 0.2) is 30.3 Å². The molecule has 2 amide bonds. The van der Waals surface area contributed by atoms with E-state index in [0.717, 1.165) is 18.7 Å². The number of carbonyl (C=O) groups is 2. The summed E-state index contributed by atoms with van der Waals surface area (Å²) in [5, 5.41) is 3.41. The summed E-state index contributed by atoms with van der Waals surface area (Å²) in [6, 6.07) is 10.2. The molecule has 1 aromatic rings. The highest BCUT2D eigenvalue weighted by atomic mass is 16.6. The highest BCUT2D eigenvalue weighted by Crippen LogP contribution is 2.22. The van der Waals surface area contributed by atoms with Crippen molar-refractivity contribution in [2.45, 2.75) is 45.4 Å². The first-order chi connectivity index (χ1) is 12.5. The largest absolute Gasteiger partial charge is 0.445 e. The first kappa shape index (κ1) is 18.7. The van der Waals surface area contributed by atoms with Crippen LogP contribution in [0.4, 0.5) is 4.79 Å². The molecule has 2 saturated heterocycles. The molecule has 26 heavy (non-hydrogen) atoms. The number of ether oxygens (including phenoxy) is 1. The molecule has 0 aliphatic carbocycles. The Kier molecular flexibility index (Phi) is 6.14. The lowest BCUT2D eigenvalue weighted by molar-refractivity contribution is -0.140. The van der Waals surface area contributed by atoms with Crippen molar-refractivity contribution < 1.29 is 14.3 Å². The van der Waals surface area contributed by atoms with Crippen molar-refractivity contribution in [2.75, 3.05) is 26.2 Å². The predicted octanol–water partition coefficient (Wildman–Crippen LogP) is 2.24. The van der Waals surface area contributed by atoms with Gasteiger partial charge in [0.15, 0.2) is 0 Å². The topological polar surface area (TPSA) is 61.9 Å². The molecule has 142 valence electrons. The summed E-state index contributed by atoms with van der Waals surface area (Å²) in [6.07, 6.45) is 1.14. The number of nitrogens with one attached hydrogen (secondary N) is 1. The molecule has 0 bridgehead atoms. The summed E-state index contributed by atoms with van der Waals surface area (Å²) >= 11 is 0. The van der Waals surface area contributed by atoms with E-state index < -0.39 is 0 Å². The lowest BCUT2D eigenvalue weighted by atomic mass is 9.94. The van der Waals surface area contributed by atoms with Gasteiger partial charge >= 0.3 is 6.09 Å². The van der Waals surface area contributed by atoms with Gasteiger partial charge < -0.3 is 19.9 Å². The first-order valence-corrected chi connectivity index (χ1v) is 9.54. The van der Waals surface area contributed by atoms with Gasteiger partial charge in [0.2, 0.25) is 5.91 Å². The fraction of sp³-hybridized carbons (Fsp3) is 0.600. The highest BCUT2D eigenvalue weighted by molar-refractivity contribution is 5.80. The number of piperidine rings is 1. The smallest absolute Gasteiger partial charge is 0.410 e. The maximum absolute atomic E-state index is 12.9. The Balaban J connectivity index is 1.46. The van der Waals surface area contributed by atoms with E-state index in [-0.39, 0.29) is 30.6 Å². The standard InChI is InChI=1S/C20H29N3O3/c1-15-13-23(16(2)12-21-15)19(24)18-8-10-22(11-9-18)20(25)26-14-17-6-4-3-5-7-17/h3-7,15-16,18,21H,8-14H2,1-2H3/t15-,16+/m0/s1. The van der Waals surface area contributed by atoms with E-state index in [9.17, 15) is 9.59 Å². The van der Waals surface area contributed by atoms with Crippen molar-refractivity contribution in [2.24, 2.45) is 5.92 Å². The predicted molar refractivity (Wildman–Crippen MR) is 99.6 cm³/mol. The van der Waals surface area contributed by atoms with Crippen LogP contribution in [0.5, 0.6) is 0 Å². The van der Waals surface area contributed by atoms with Crippen LogP contribution in [-0.4, -0.2) is 60.1 Å². The molecule has 2 aliphatic rings. The molecule has 0 unspecified atom stereocenters. The number of rotatable bonds is 3. The second kappa shape index (κ2) is 8.54. The molecule has 0 aromatic heterocycles. The van der Waals surface area contributed by atoms with Crippen molar-refractivity contribution in [3.8, 4) is 0 Å². The van der Waals surface area contributed by atoms with Crippen molar-refractivity contribution in [3.05, 3.63) is 35.9 Å². The third kappa shape index (κ3) is 4.55. The van der Waals surface area contributed by atoms with Gasteiger partial charge in [-0.25, -0.2) is 4.79 Å². The number of hydrogen-bond acceptors (Lipinski definition) is 4. The Morgan fingerprint density at radius 1 is 1.15 bits per heavy atom. The second-order valence-electron chi connectivity index (χ2n) is 7.45. The molecule has 0 saturated carbocycles. The zero-order chi connectivity index (χ0) is 18.5. The molecule has 1 aromatic carbocycles. The van der Waals surface area contributed by atoms with Crippen molar-refractivity contribution >= 4 is 12.0 Å². The minimum Gasteiger partial charge on any atom is -0.445 e. The SMILES string of the molecule is C[C@@H]1CN[C@@H](C)CN1C(=O)C1CCN(C(=O)OCc2ccccc2)CC1. The van der Waals surface area contributed by atoms with Gasteiger partial charge in [0.25, 0.3) is 0 Å². The Labute approximate surface area is 155 Å². The van der Waals surface area contributed by atoms with Crippen molar-refractivity contribution in [1.82, 2.24) is 15.1 Å². The highest BCUT2D eigenvalue weighted by Gasteiger charge is 2.34. The molecule has 0 radical (unpaired) electrons. The molecule has 3 rings (SSSR count). The summed E-state index contributed by atoms with van der Waals surface area (Å²) in [6.45, 7) is 7.26. The molecule has 2 fully saturated rings. The summed E-state index contributed by atoms with van der Waals surface area (Å²) in [5.74, 6) is 0.254. The van der Waals surface area contributed by atoms with Crippen molar-refractivity contribution in [1.29, 1.82) is 0 Å². The summed E-state index contributed by atoms with van der Waals surface area (Å²) in [4.78, 5) is 28.8. The van der Waals surface area contributed by atoms with Crippen LogP contribution in [0, 0.1) is 5.92 Å². The Morgan fingerprint density at radius 3 is 2.54 bits per heavy atom. The molecule has 6 nitrogen and oxygen atoms in total. The number of nitrogens with zero attached hydrogens (tertiary/aromatic N) is 2. The normalized spacial score (nSPS) is 24.4. The fourth-order valence-electron chi connectivity index (χ4n) is 3.68. The summed E-state index contributed by atoms with van der Waals surface area (Å²) < 4.78 is 5.39. The molecular weight excluding hydrogens is 330 g/mol. The number of benzene rings is 1. The van der Waals surface area contributed by atoms with E-state index >= 15 is 0 Å². The lowest BCUT2D eigenvalue weighted by Crippen LogP contribution is -2.58. The van der Waals surface area contributed by atoms with Gasteiger partial charge in [-0.3, -0.25) is 4.79 Å². The average molecular weight is 359 g/mol. The number of piperazine rings is 1. The number of amides is 2. The van der Waals surface area contributed by atoms with Crippen LogP contribution in [-0.2, 0) is 16.1 Å². The number of carbonyl (C=O) groups excluding carboxylic acids is 2. The monoisotopic (exact) mass is 359 g/mol. The fourth-order valence-corrected chi connectivity index (χ4v) is 3.68. The minimum absolute atomic E-state index is 0.0147. The zero-order valence-electron chi connectivity index (χ0n) is 15.7.